The molecule has 0 bridgehead atoms. The molecule has 0 fully saturated rings. The van der Waals surface area contributed by atoms with Crippen molar-refractivity contribution in [3.63, 3.8) is 0 Å². The first-order chi connectivity index (χ1) is 9.63. The number of aromatic nitrogens is 2. The molecule has 1 aromatic carbocycles. The van der Waals surface area contributed by atoms with Crippen LogP contribution in [0.15, 0.2) is 41.9 Å². The fourth-order valence-corrected chi connectivity index (χ4v) is 2.83. The maximum absolute atomic E-state index is 4.60. The lowest BCUT2D eigenvalue weighted by Gasteiger charge is -2.07. The van der Waals surface area contributed by atoms with E-state index in [1.54, 1.807) is 11.3 Å². The van der Waals surface area contributed by atoms with Gasteiger partial charge in [0.25, 0.3) is 0 Å². The molecular formula is C17H16N2S. The van der Waals surface area contributed by atoms with Gasteiger partial charge in [-0.2, -0.15) is 0 Å². The van der Waals surface area contributed by atoms with Crippen LogP contribution in [0.5, 0.6) is 0 Å². The van der Waals surface area contributed by atoms with E-state index in [1.165, 1.54) is 16.7 Å². The molecule has 0 aliphatic rings. The molecule has 0 spiro atoms. The second kappa shape index (κ2) is 5.17. The Bertz CT molecular complexity index is 742. The third-order valence-electron chi connectivity index (χ3n) is 3.35. The summed E-state index contributed by atoms with van der Waals surface area (Å²) in [6, 6.07) is 10.6. The number of hydrogen-bond donors (Lipinski definition) is 0. The van der Waals surface area contributed by atoms with Gasteiger partial charge in [0.05, 0.1) is 16.4 Å². The Morgan fingerprint density at radius 3 is 2.45 bits per heavy atom. The lowest BCUT2D eigenvalue weighted by atomic mass is 10.0. The fraction of sp³-hybridized carbons (Fsp3) is 0.176. The second-order valence-electron chi connectivity index (χ2n) is 5.00. The summed E-state index contributed by atoms with van der Waals surface area (Å²) in [7, 11) is 0. The molecule has 2 aromatic heterocycles. The summed E-state index contributed by atoms with van der Waals surface area (Å²) in [5, 5.41) is 3.16. The number of pyridine rings is 1. The molecule has 0 N–H and O–H groups in total. The molecule has 0 aliphatic heterocycles. The molecule has 0 radical (unpaired) electrons. The van der Waals surface area contributed by atoms with Gasteiger partial charge in [-0.05, 0) is 44.5 Å². The number of rotatable bonds is 2. The van der Waals surface area contributed by atoms with Crippen molar-refractivity contribution in [2.24, 2.45) is 0 Å². The Balaban J connectivity index is 1.99. The summed E-state index contributed by atoms with van der Waals surface area (Å²) in [6.07, 6.45) is 1.91. The van der Waals surface area contributed by atoms with E-state index in [1.807, 2.05) is 13.1 Å². The predicted octanol–water partition coefficient (Wildman–Crippen LogP) is 4.80. The molecule has 3 aromatic rings. The second-order valence-corrected chi connectivity index (χ2v) is 6.06. The monoisotopic (exact) mass is 280 g/mol. The molecule has 0 aliphatic carbocycles. The van der Waals surface area contributed by atoms with Crippen LogP contribution in [-0.4, -0.2) is 9.97 Å². The van der Waals surface area contributed by atoms with Gasteiger partial charge >= 0.3 is 0 Å². The van der Waals surface area contributed by atoms with Crippen molar-refractivity contribution in [2.75, 3.05) is 0 Å². The zero-order valence-corrected chi connectivity index (χ0v) is 12.7. The molecule has 0 unspecified atom stereocenters. The average molecular weight is 280 g/mol. The topological polar surface area (TPSA) is 25.8 Å². The van der Waals surface area contributed by atoms with E-state index in [2.05, 4.69) is 59.5 Å². The van der Waals surface area contributed by atoms with E-state index in [-0.39, 0.29) is 0 Å². The third kappa shape index (κ3) is 2.49. The highest BCUT2D eigenvalue weighted by Gasteiger charge is 2.06. The van der Waals surface area contributed by atoms with Crippen LogP contribution in [0, 0.1) is 20.8 Å². The van der Waals surface area contributed by atoms with Crippen LogP contribution in [0.4, 0.5) is 0 Å². The summed E-state index contributed by atoms with van der Waals surface area (Å²) in [5.74, 6) is 0. The number of hydrogen-bond acceptors (Lipinski definition) is 3. The van der Waals surface area contributed by atoms with E-state index in [0.717, 1.165) is 22.0 Å². The number of nitrogens with zero attached hydrogens (tertiary/aromatic N) is 2. The van der Waals surface area contributed by atoms with Gasteiger partial charge in [0, 0.05) is 22.7 Å². The highest BCUT2D eigenvalue weighted by atomic mass is 32.1. The van der Waals surface area contributed by atoms with Crippen molar-refractivity contribution >= 4 is 11.3 Å². The molecule has 0 amide bonds. The van der Waals surface area contributed by atoms with E-state index in [0.29, 0.717) is 0 Å². The van der Waals surface area contributed by atoms with Crippen LogP contribution in [0.25, 0.3) is 22.5 Å². The maximum Gasteiger partial charge on any atom is 0.0901 e. The number of benzene rings is 1. The van der Waals surface area contributed by atoms with Crippen LogP contribution < -0.4 is 0 Å². The van der Waals surface area contributed by atoms with Gasteiger partial charge in [0.2, 0.25) is 0 Å². The SMILES string of the molecule is Cc1ccc(C)c(-c2ccc(-c3csc(C)n3)cn2)c1. The van der Waals surface area contributed by atoms with E-state index in [4.69, 9.17) is 0 Å². The smallest absolute Gasteiger partial charge is 0.0901 e. The average Bonchev–Trinajstić information content (AvgIpc) is 2.88. The molecule has 0 saturated heterocycles. The first-order valence-electron chi connectivity index (χ1n) is 6.59. The van der Waals surface area contributed by atoms with Crippen molar-refractivity contribution in [3.05, 3.63) is 58.0 Å². The Hall–Kier alpha value is -2.00. The minimum atomic E-state index is 1.01. The highest BCUT2D eigenvalue weighted by Crippen LogP contribution is 2.26. The maximum atomic E-state index is 4.60. The molecule has 20 heavy (non-hydrogen) atoms. The minimum absolute atomic E-state index is 1.01. The van der Waals surface area contributed by atoms with Crippen LogP contribution in [0.3, 0.4) is 0 Å². The Labute approximate surface area is 123 Å². The Morgan fingerprint density at radius 2 is 1.80 bits per heavy atom. The summed E-state index contributed by atoms with van der Waals surface area (Å²) < 4.78 is 0. The minimum Gasteiger partial charge on any atom is -0.256 e. The summed E-state index contributed by atoms with van der Waals surface area (Å²) in [4.78, 5) is 9.09. The lowest BCUT2D eigenvalue weighted by molar-refractivity contribution is 1.26. The van der Waals surface area contributed by atoms with Crippen molar-refractivity contribution in [1.29, 1.82) is 0 Å². The van der Waals surface area contributed by atoms with Gasteiger partial charge < -0.3 is 0 Å². The van der Waals surface area contributed by atoms with Gasteiger partial charge in [-0.1, -0.05) is 17.7 Å². The van der Waals surface area contributed by atoms with E-state index < -0.39 is 0 Å². The van der Waals surface area contributed by atoms with E-state index in [9.17, 15) is 0 Å². The Morgan fingerprint density at radius 1 is 0.950 bits per heavy atom. The van der Waals surface area contributed by atoms with Crippen LogP contribution in [0.1, 0.15) is 16.1 Å². The largest absolute Gasteiger partial charge is 0.256 e. The van der Waals surface area contributed by atoms with Gasteiger partial charge in [-0.15, -0.1) is 11.3 Å². The molecule has 2 heterocycles. The molecule has 0 saturated carbocycles. The quantitative estimate of drug-likeness (QED) is 0.674. The zero-order valence-electron chi connectivity index (χ0n) is 11.8. The fourth-order valence-electron chi connectivity index (χ4n) is 2.21. The Kier molecular flexibility index (Phi) is 3.36. The van der Waals surface area contributed by atoms with Crippen molar-refractivity contribution in [2.45, 2.75) is 20.8 Å². The standard InChI is InChI=1S/C17H16N2S/c1-11-4-5-12(2)15(8-11)16-7-6-14(9-18-16)17-10-20-13(3)19-17/h4-10H,1-3H3. The van der Waals surface area contributed by atoms with Gasteiger partial charge in [0.1, 0.15) is 0 Å². The molecule has 0 atom stereocenters. The number of thiazole rings is 1. The molecule has 3 rings (SSSR count). The van der Waals surface area contributed by atoms with Gasteiger partial charge in [-0.3, -0.25) is 4.98 Å². The third-order valence-corrected chi connectivity index (χ3v) is 4.12. The summed E-state index contributed by atoms with van der Waals surface area (Å²) in [6.45, 7) is 6.25. The van der Waals surface area contributed by atoms with Crippen molar-refractivity contribution < 1.29 is 0 Å². The van der Waals surface area contributed by atoms with Crippen LogP contribution in [-0.2, 0) is 0 Å². The number of aryl methyl sites for hydroxylation is 3. The lowest BCUT2D eigenvalue weighted by Crippen LogP contribution is -1.89. The van der Waals surface area contributed by atoms with Crippen LogP contribution >= 0.6 is 11.3 Å². The van der Waals surface area contributed by atoms with Gasteiger partial charge in [-0.25, -0.2) is 4.98 Å². The first kappa shape index (κ1) is 13.0. The van der Waals surface area contributed by atoms with Gasteiger partial charge in [0.15, 0.2) is 0 Å². The summed E-state index contributed by atoms with van der Waals surface area (Å²) in [5.41, 5.74) is 6.80. The molecule has 100 valence electrons. The molecule has 3 heteroatoms. The first-order valence-corrected chi connectivity index (χ1v) is 7.47. The highest BCUT2D eigenvalue weighted by molar-refractivity contribution is 7.09. The molecular weight excluding hydrogens is 264 g/mol. The van der Waals surface area contributed by atoms with E-state index >= 15 is 0 Å². The summed E-state index contributed by atoms with van der Waals surface area (Å²) >= 11 is 1.67. The molecule has 2 nitrogen and oxygen atoms in total. The predicted molar refractivity (Wildman–Crippen MR) is 85.0 cm³/mol. The zero-order chi connectivity index (χ0) is 14.1. The van der Waals surface area contributed by atoms with Crippen molar-refractivity contribution in [1.82, 2.24) is 9.97 Å². The van der Waals surface area contributed by atoms with Crippen molar-refractivity contribution in [3.8, 4) is 22.5 Å². The normalized spacial score (nSPS) is 10.8. The van der Waals surface area contributed by atoms with Crippen LogP contribution in [0.2, 0.25) is 0 Å².